The first kappa shape index (κ1) is 12.3. The third kappa shape index (κ3) is 2.55. The van der Waals surface area contributed by atoms with Gasteiger partial charge < -0.3 is 5.32 Å². The van der Waals surface area contributed by atoms with Crippen molar-refractivity contribution in [2.24, 2.45) is 0 Å². The largest absolute Gasteiger partial charge is 0.339 e. The van der Waals surface area contributed by atoms with Gasteiger partial charge in [-0.1, -0.05) is 11.6 Å². The average Bonchev–Trinajstić information content (AvgIpc) is 2.36. The molecule has 1 aromatic carbocycles. The fraction of sp³-hybridized carbons (Fsp3) is 0. The van der Waals surface area contributed by atoms with E-state index in [-0.39, 0.29) is 10.8 Å². The number of benzene rings is 1. The van der Waals surface area contributed by atoms with Crippen molar-refractivity contribution in [3.8, 4) is 6.07 Å². The van der Waals surface area contributed by atoms with Gasteiger partial charge in [0.15, 0.2) is 11.6 Å². The van der Waals surface area contributed by atoms with E-state index in [0.29, 0.717) is 11.3 Å². The molecule has 0 radical (unpaired) electrons. The monoisotopic (exact) mass is 265 g/mol. The lowest BCUT2D eigenvalue weighted by molar-refractivity contribution is 0.509. The summed E-state index contributed by atoms with van der Waals surface area (Å²) in [7, 11) is 0. The molecule has 1 aromatic heterocycles. The van der Waals surface area contributed by atoms with E-state index in [0.717, 1.165) is 12.1 Å². The Balaban J connectivity index is 2.29. The third-order valence-corrected chi connectivity index (χ3v) is 2.44. The van der Waals surface area contributed by atoms with Crippen LogP contribution in [0.5, 0.6) is 0 Å². The van der Waals surface area contributed by atoms with Crippen LogP contribution in [0.25, 0.3) is 0 Å². The first-order valence-electron chi connectivity index (χ1n) is 4.88. The summed E-state index contributed by atoms with van der Waals surface area (Å²) in [6.07, 6.45) is 1.33. The molecule has 0 amide bonds. The Bertz CT molecular complexity index is 638. The maximum absolute atomic E-state index is 13.0. The lowest BCUT2D eigenvalue weighted by atomic mass is 10.3. The van der Waals surface area contributed by atoms with E-state index in [4.69, 9.17) is 16.9 Å². The van der Waals surface area contributed by atoms with Gasteiger partial charge in [-0.25, -0.2) is 13.8 Å². The minimum atomic E-state index is -0.968. The lowest BCUT2D eigenvalue weighted by Crippen LogP contribution is -1.96. The predicted octanol–water partition coefficient (Wildman–Crippen LogP) is 3.63. The molecule has 2 aromatic rings. The minimum Gasteiger partial charge on any atom is -0.339 e. The zero-order chi connectivity index (χ0) is 13.1. The summed E-state index contributed by atoms with van der Waals surface area (Å²) in [5, 5.41) is 11.6. The second kappa shape index (κ2) is 4.98. The van der Waals surface area contributed by atoms with Gasteiger partial charge in [-0.3, -0.25) is 0 Å². The Morgan fingerprint density at radius 1 is 1.22 bits per heavy atom. The highest BCUT2D eigenvalue weighted by Crippen LogP contribution is 2.24. The maximum atomic E-state index is 13.0. The van der Waals surface area contributed by atoms with Gasteiger partial charge >= 0.3 is 0 Å². The van der Waals surface area contributed by atoms with E-state index in [2.05, 4.69) is 10.3 Å². The van der Waals surface area contributed by atoms with Crippen LogP contribution in [-0.4, -0.2) is 4.98 Å². The maximum Gasteiger partial charge on any atom is 0.160 e. The van der Waals surface area contributed by atoms with Crippen LogP contribution in [0.3, 0.4) is 0 Å². The highest BCUT2D eigenvalue weighted by Gasteiger charge is 2.06. The fourth-order valence-corrected chi connectivity index (χ4v) is 1.52. The highest BCUT2D eigenvalue weighted by atomic mass is 35.5. The summed E-state index contributed by atoms with van der Waals surface area (Å²) < 4.78 is 25.7. The summed E-state index contributed by atoms with van der Waals surface area (Å²) in [6.45, 7) is 0. The van der Waals surface area contributed by atoms with Gasteiger partial charge in [-0.2, -0.15) is 5.26 Å². The minimum absolute atomic E-state index is 0.221. The van der Waals surface area contributed by atoms with E-state index in [1.807, 2.05) is 6.07 Å². The third-order valence-electron chi connectivity index (χ3n) is 2.15. The van der Waals surface area contributed by atoms with Gasteiger partial charge in [-0.15, -0.1) is 0 Å². The summed E-state index contributed by atoms with van der Waals surface area (Å²) >= 11 is 5.89. The van der Waals surface area contributed by atoms with Crippen molar-refractivity contribution in [3.63, 3.8) is 0 Å². The number of nitrogens with zero attached hydrogens (tertiary/aromatic N) is 2. The highest BCUT2D eigenvalue weighted by molar-refractivity contribution is 6.33. The van der Waals surface area contributed by atoms with Crippen molar-refractivity contribution >= 4 is 23.1 Å². The number of nitrogens with one attached hydrogen (secondary N) is 1. The van der Waals surface area contributed by atoms with E-state index >= 15 is 0 Å². The first-order chi connectivity index (χ1) is 8.60. The molecule has 2 rings (SSSR count). The van der Waals surface area contributed by atoms with Crippen LogP contribution in [0.1, 0.15) is 5.56 Å². The zero-order valence-corrected chi connectivity index (χ0v) is 9.67. The topological polar surface area (TPSA) is 48.7 Å². The smallest absolute Gasteiger partial charge is 0.160 e. The Morgan fingerprint density at radius 2 is 2.00 bits per heavy atom. The van der Waals surface area contributed by atoms with Gasteiger partial charge in [0.1, 0.15) is 11.9 Å². The van der Waals surface area contributed by atoms with Crippen LogP contribution in [0.15, 0.2) is 30.5 Å². The SMILES string of the molecule is N#Cc1cnc(Nc2ccc(F)c(F)c2)c(Cl)c1. The summed E-state index contributed by atoms with van der Waals surface area (Å²) in [4.78, 5) is 3.91. The van der Waals surface area contributed by atoms with Crippen LogP contribution in [-0.2, 0) is 0 Å². The fourth-order valence-electron chi connectivity index (χ4n) is 1.30. The Hall–Kier alpha value is -2.19. The molecular weight excluding hydrogens is 260 g/mol. The van der Waals surface area contributed by atoms with Crippen molar-refractivity contribution in [2.75, 3.05) is 5.32 Å². The molecule has 0 saturated heterocycles. The second-order valence-electron chi connectivity index (χ2n) is 3.42. The van der Waals surface area contributed by atoms with Crippen LogP contribution in [0.2, 0.25) is 5.02 Å². The molecule has 0 saturated carbocycles. The molecular formula is C12H6ClF2N3. The van der Waals surface area contributed by atoms with Gasteiger partial charge in [0.2, 0.25) is 0 Å². The first-order valence-corrected chi connectivity index (χ1v) is 5.25. The van der Waals surface area contributed by atoms with Gasteiger partial charge in [0.05, 0.1) is 10.6 Å². The normalized spacial score (nSPS) is 9.89. The van der Waals surface area contributed by atoms with Crippen molar-refractivity contribution in [2.45, 2.75) is 0 Å². The summed E-state index contributed by atoms with van der Waals surface area (Å²) in [6, 6.07) is 6.66. The van der Waals surface area contributed by atoms with Crippen LogP contribution >= 0.6 is 11.6 Å². The van der Waals surface area contributed by atoms with E-state index in [9.17, 15) is 8.78 Å². The van der Waals surface area contributed by atoms with Crippen molar-refractivity contribution in [3.05, 3.63) is 52.7 Å². The lowest BCUT2D eigenvalue weighted by Gasteiger charge is -2.07. The van der Waals surface area contributed by atoms with E-state index in [1.54, 1.807) is 0 Å². The standard InChI is InChI=1S/C12H6ClF2N3/c13-9-3-7(5-16)6-17-12(9)18-8-1-2-10(14)11(15)4-8/h1-4,6H,(H,17,18). The van der Waals surface area contributed by atoms with Crippen molar-refractivity contribution in [1.29, 1.82) is 5.26 Å². The molecule has 90 valence electrons. The second-order valence-corrected chi connectivity index (χ2v) is 3.83. The number of pyridine rings is 1. The number of aromatic nitrogens is 1. The summed E-state index contributed by atoms with van der Waals surface area (Å²) in [5.41, 5.74) is 0.629. The molecule has 6 heteroatoms. The van der Waals surface area contributed by atoms with Crippen molar-refractivity contribution in [1.82, 2.24) is 4.98 Å². The molecule has 0 fully saturated rings. The molecule has 1 N–H and O–H groups in total. The molecule has 3 nitrogen and oxygen atoms in total. The Morgan fingerprint density at radius 3 is 2.61 bits per heavy atom. The molecule has 0 atom stereocenters. The van der Waals surface area contributed by atoms with Crippen LogP contribution in [0, 0.1) is 23.0 Å². The van der Waals surface area contributed by atoms with Crippen LogP contribution < -0.4 is 5.32 Å². The van der Waals surface area contributed by atoms with Gasteiger partial charge in [0, 0.05) is 18.0 Å². The number of halogens is 3. The molecule has 18 heavy (non-hydrogen) atoms. The molecule has 0 bridgehead atoms. The Labute approximate surface area is 107 Å². The predicted molar refractivity (Wildman–Crippen MR) is 63.6 cm³/mol. The van der Waals surface area contributed by atoms with E-state index < -0.39 is 11.6 Å². The van der Waals surface area contributed by atoms with Crippen molar-refractivity contribution < 1.29 is 8.78 Å². The van der Waals surface area contributed by atoms with Gasteiger partial charge in [0.25, 0.3) is 0 Å². The zero-order valence-electron chi connectivity index (χ0n) is 8.92. The van der Waals surface area contributed by atoms with Gasteiger partial charge in [-0.05, 0) is 18.2 Å². The number of anilines is 2. The molecule has 0 aliphatic rings. The molecule has 0 spiro atoms. The number of hydrogen-bond acceptors (Lipinski definition) is 3. The average molecular weight is 266 g/mol. The van der Waals surface area contributed by atoms with Crippen LogP contribution in [0.4, 0.5) is 20.3 Å². The molecule has 1 heterocycles. The molecule has 0 aliphatic heterocycles. The number of hydrogen-bond donors (Lipinski definition) is 1. The summed E-state index contributed by atoms with van der Waals surface area (Å²) in [5.74, 6) is -1.63. The number of nitriles is 1. The Kier molecular flexibility index (Phi) is 3.40. The number of rotatable bonds is 2. The molecule has 0 aliphatic carbocycles. The molecule has 0 unspecified atom stereocenters. The van der Waals surface area contributed by atoms with E-state index in [1.165, 1.54) is 18.3 Å². The quantitative estimate of drug-likeness (QED) is 0.902.